The number of ether oxygens (including phenoxy) is 1. The van der Waals surface area contributed by atoms with Gasteiger partial charge in [-0.1, -0.05) is 27.7 Å². The van der Waals surface area contributed by atoms with E-state index < -0.39 is 0 Å². The molecule has 0 saturated carbocycles. The van der Waals surface area contributed by atoms with Crippen molar-refractivity contribution in [3.8, 4) is 0 Å². The average molecular weight is 285 g/mol. The highest BCUT2D eigenvalue weighted by atomic mass is 16.5. The quantitative estimate of drug-likeness (QED) is 0.645. The Morgan fingerprint density at radius 1 is 1.35 bits per heavy atom. The molecule has 5 nitrogen and oxygen atoms in total. The molecule has 1 aliphatic heterocycles. The molecule has 0 spiro atoms. The van der Waals surface area contributed by atoms with Crippen LogP contribution in [0.2, 0.25) is 0 Å². The van der Waals surface area contributed by atoms with Crippen molar-refractivity contribution in [2.75, 3.05) is 45.9 Å². The lowest BCUT2D eigenvalue weighted by molar-refractivity contribution is -0.125. The lowest BCUT2D eigenvalue weighted by Gasteiger charge is -2.33. The number of hydrogen-bond donors (Lipinski definition) is 2. The summed E-state index contributed by atoms with van der Waals surface area (Å²) in [5.74, 6) is 0.831. The first kappa shape index (κ1) is 17.4. The molecule has 1 saturated heterocycles. The molecular weight excluding hydrogens is 254 g/mol. The van der Waals surface area contributed by atoms with Crippen LogP contribution >= 0.6 is 0 Å². The molecule has 0 aromatic heterocycles. The summed E-state index contributed by atoms with van der Waals surface area (Å²) in [5.41, 5.74) is 0. The highest BCUT2D eigenvalue weighted by Crippen LogP contribution is 2.04. The number of carbonyl (C=O) groups is 1. The van der Waals surface area contributed by atoms with E-state index in [-0.39, 0.29) is 17.9 Å². The van der Waals surface area contributed by atoms with Gasteiger partial charge < -0.3 is 15.4 Å². The fraction of sp³-hybridized carbons (Fsp3) is 0.933. The zero-order valence-electron chi connectivity index (χ0n) is 13.4. The molecule has 118 valence electrons. The van der Waals surface area contributed by atoms with Crippen LogP contribution in [0.4, 0.5) is 0 Å². The summed E-state index contributed by atoms with van der Waals surface area (Å²) in [7, 11) is 0. The lowest BCUT2D eigenvalue weighted by atomic mass is 10.2. The molecule has 1 fully saturated rings. The van der Waals surface area contributed by atoms with E-state index in [2.05, 4.69) is 29.4 Å². The fourth-order valence-corrected chi connectivity index (χ4v) is 2.15. The van der Waals surface area contributed by atoms with Crippen LogP contribution in [0, 0.1) is 11.8 Å². The maximum Gasteiger partial charge on any atom is 0.222 e. The number of nitrogens with one attached hydrogen (secondary N) is 2. The van der Waals surface area contributed by atoms with E-state index in [1.807, 2.05) is 13.8 Å². The summed E-state index contributed by atoms with van der Waals surface area (Å²) in [5, 5.41) is 6.41. The van der Waals surface area contributed by atoms with Gasteiger partial charge in [-0.15, -0.1) is 0 Å². The maximum absolute atomic E-state index is 11.6. The monoisotopic (exact) mass is 285 g/mol. The number of carbonyl (C=O) groups excluding carboxylic acids is 1. The van der Waals surface area contributed by atoms with Crippen molar-refractivity contribution in [3.63, 3.8) is 0 Å². The van der Waals surface area contributed by atoms with Crippen molar-refractivity contribution < 1.29 is 9.53 Å². The molecule has 1 aliphatic rings. The molecule has 0 aromatic carbocycles. The van der Waals surface area contributed by atoms with Crippen LogP contribution in [0.25, 0.3) is 0 Å². The number of hydrogen-bond acceptors (Lipinski definition) is 4. The first-order valence-corrected chi connectivity index (χ1v) is 7.81. The first-order chi connectivity index (χ1) is 9.49. The molecule has 1 amide bonds. The van der Waals surface area contributed by atoms with Gasteiger partial charge in [0.15, 0.2) is 0 Å². The van der Waals surface area contributed by atoms with Crippen LogP contribution in [0.15, 0.2) is 0 Å². The summed E-state index contributed by atoms with van der Waals surface area (Å²) in [6.07, 6.45) is 0.122. The van der Waals surface area contributed by atoms with Crippen molar-refractivity contribution in [2.24, 2.45) is 11.8 Å². The number of nitrogens with zero attached hydrogens (tertiary/aromatic N) is 1. The second-order valence-electron chi connectivity index (χ2n) is 6.29. The summed E-state index contributed by atoms with van der Waals surface area (Å²) < 4.78 is 5.71. The number of amides is 1. The van der Waals surface area contributed by atoms with Crippen molar-refractivity contribution in [2.45, 2.75) is 33.8 Å². The average Bonchev–Trinajstić information content (AvgIpc) is 2.41. The van der Waals surface area contributed by atoms with E-state index in [1.54, 1.807) is 0 Å². The van der Waals surface area contributed by atoms with Crippen LogP contribution in [-0.2, 0) is 9.53 Å². The standard InChI is InChI=1S/C15H31N3O2/c1-12(2)9-16-5-6-18-7-8-20-14(11-18)10-17-15(19)13(3)4/h12-14,16H,5-11H2,1-4H3,(H,17,19)/t14-/m1/s1. The number of morpholine rings is 1. The molecule has 1 heterocycles. The van der Waals surface area contributed by atoms with Crippen LogP contribution in [0.3, 0.4) is 0 Å². The van der Waals surface area contributed by atoms with Gasteiger partial charge in [0, 0.05) is 38.6 Å². The Bertz CT molecular complexity index is 282. The second kappa shape index (κ2) is 9.32. The van der Waals surface area contributed by atoms with Crippen LogP contribution in [-0.4, -0.2) is 62.8 Å². The topological polar surface area (TPSA) is 53.6 Å². The highest BCUT2D eigenvalue weighted by molar-refractivity contribution is 5.77. The normalized spacial score (nSPS) is 20.6. The van der Waals surface area contributed by atoms with E-state index in [1.165, 1.54) is 0 Å². The summed E-state index contributed by atoms with van der Waals surface area (Å²) in [6, 6.07) is 0. The predicted octanol–water partition coefficient (Wildman–Crippen LogP) is 0.705. The van der Waals surface area contributed by atoms with Gasteiger partial charge in [-0.05, 0) is 12.5 Å². The maximum atomic E-state index is 11.6. The Morgan fingerprint density at radius 3 is 2.75 bits per heavy atom. The molecule has 1 rings (SSSR count). The van der Waals surface area contributed by atoms with Gasteiger partial charge in [0.05, 0.1) is 12.7 Å². The summed E-state index contributed by atoms with van der Waals surface area (Å²) in [6.45, 7) is 14.6. The van der Waals surface area contributed by atoms with E-state index >= 15 is 0 Å². The minimum atomic E-state index is 0.0370. The number of rotatable bonds is 8. The Hall–Kier alpha value is -0.650. The second-order valence-corrected chi connectivity index (χ2v) is 6.29. The SMILES string of the molecule is CC(C)CNCCN1CCO[C@H](CNC(=O)C(C)C)C1. The molecule has 20 heavy (non-hydrogen) atoms. The molecule has 0 unspecified atom stereocenters. The molecule has 5 heteroatoms. The van der Waals surface area contributed by atoms with Gasteiger partial charge in [0.2, 0.25) is 5.91 Å². The van der Waals surface area contributed by atoms with Crippen molar-refractivity contribution in [1.82, 2.24) is 15.5 Å². The third kappa shape index (κ3) is 7.22. The summed E-state index contributed by atoms with van der Waals surface area (Å²) >= 11 is 0. The molecule has 1 atom stereocenters. The zero-order valence-corrected chi connectivity index (χ0v) is 13.4. The Morgan fingerprint density at radius 2 is 2.10 bits per heavy atom. The molecular formula is C15H31N3O2. The molecule has 0 bridgehead atoms. The lowest BCUT2D eigenvalue weighted by Crippen LogP contribution is -2.49. The van der Waals surface area contributed by atoms with Gasteiger partial charge in [-0.2, -0.15) is 0 Å². The van der Waals surface area contributed by atoms with E-state index in [0.717, 1.165) is 39.3 Å². The van der Waals surface area contributed by atoms with Crippen LogP contribution < -0.4 is 10.6 Å². The van der Waals surface area contributed by atoms with Crippen LogP contribution in [0.5, 0.6) is 0 Å². The van der Waals surface area contributed by atoms with Crippen molar-refractivity contribution in [3.05, 3.63) is 0 Å². The van der Waals surface area contributed by atoms with Gasteiger partial charge in [0.1, 0.15) is 0 Å². The van der Waals surface area contributed by atoms with Gasteiger partial charge in [-0.3, -0.25) is 9.69 Å². The minimum Gasteiger partial charge on any atom is -0.374 e. The van der Waals surface area contributed by atoms with Crippen LogP contribution in [0.1, 0.15) is 27.7 Å². The van der Waals surface area contributed by atoms with E-state index in [4.69, 9.17) is 4.74 Å². The third-order valence-electron chi connectivity index (χ3n) is 3.41. The smallest absolute Gasteiger partial charge is 0.222 e. The van der Waals surface area contributed by atoms with Gasteiger partial charge >= 0.3 is 0 Å². The zero-order chi connectivity index (χ0) is 15.0. The summed E-state index contributed by atoms with van der Waals surface area (Å²) in [4.78, 5) is 14.0. The molecule has 0 aliphatic carbocycles. The Balaban J connectivity index is 2.16. The van der Waals surface area contributed by atoms with Gasteiger partial charge in [0.25, 0.3) is 0 Å². The third-order valence-corrected chi connectivity index (χ3v) is 3.41. The fourth-order valence-electron chi connectivity index (χ4n) is 2.15. The van der Waals surface area contributed by atoms with E-state index in [9.17, 15) is 4.79 Å². The Kier molecular flexibility index (Phi) is 8.11. The highest BCUT2D eigenvalue weighted by Gasteiger charge is 2.20. The van der Waals surface area contributed by atoms with Gasteiger partial charge in [-0.25, -0.2) is 0 Å². The first-order valence-electron chi connectivity index (χ1n) is 7.81. The molecule has 0 radical (unpaired) electrons. The van der Waals surface area contributed by atoms with Crippen molar-refractivity contribution in [1.29, 1.82) is 0 Å². The largest absolute Gasteiger partial charge is 0.374 e. The molecule has 2 N–H and O–H groups in total. The van der Waals surface area contributed by atoms with Crippen molar-refractivity contribution >= 4 is 5.91 Å². The molecule has 0 aromatic rings. The Labute approximate surface area is 123 Å². The van der Waals surface area contributed by atoms with E-state index in [0.29, 0.717) is 12.5 Å². The predicted molar refractivity (Wildman–Crippen MR) is 81.7 cm³/mol. The minimum absolute atomic E-state index is 0.0370.